The summed E-state index contributed by atoms with van der Waals surface area (Å²) < 4.78 is 43.3. The molecule has 0 aromatic heterocycles. The molecule has 118 valence electrons. The lowest BCUT2D eigenvalue weighted by molar-refractivity contribution is -0.137. The highest BCUT2D eigenvalue weighted by molar-refractivity contribution is 5.27. The number of hydrogen-bond donors (Lipinski definition) is 1. The van der Waals surface area contributed by atoms with Crippen molar-refractivity contribution in [1.82, 2.24) is 4.90 Å². The number of alkyl halides is 3. The Balaban J connectivity index is 2.20. The van der Waals surface area contributed by atoms with Crippen LogP contribution in [0.25, 0.3) is 0 Å². The Hall–Kier alpha value is -1.11. The van der Waals surface area contributed by atoms with Crippen LogP contribution in [0.1, 0.15) is 30.5 Å². The fraction of sp³-hybridized carbons (Fsp3) is 0.600. The van der Waals surface area contributed by atoms with Crippen molar-refractivity contribution in [3.8, 4) is 0 Å². The number of ether oxygens (including phenoxy) is 1. The Kier molecular flexibility index (Phi) is 5.24. The molecule has 1 aliphatic rings. The lowest BCUT2D eigenvalue weighted by Gasteiger charge is -2.40. The van der Waals surface area contributed by atoms with Gasteiger partial charge in [-0.15, -0.1) is 0 Å². The second-order valence-electron chi connectivity index (χ2n) is 5.25. The predicted octanol–water partition coefficient (Wildman–Crippen LogP) is 2.82. The van der Waals surface area contributed by atoms with Crippen molar-refractivity contribution in [2.75, 3.05) is 26.3 Å². The fourth-order valence-electron chi connectivity index (χ4n) is 2.79. The summed E-state index contributed by atoms with van der Waals surface area (Å²) in [5.41, 5.74) is 6.07. The SMILES string of the molecule is CCC1COCCN1C(CN)c1ccc(C(F)(F)F)cc1. The highest BCUT2D eigenvalue weighted by atomic mass is 19.4. The zero-order valence-electron chi connectivity index (χ0n) is 12.1. The summed E-state index contributed by atoms with van der Waals surface area (Å²) in [7, 11) is 0. The quantitative estimate of drug-likeness (QED) is 0.929. The zero-order chi connectivity index (χ0) is 15.5. The minimum Gasteiger partial charge on any atom is -0.378 e. The molecule has 2 unspecified atom stereocenters. The molecule has 2 atom stereocenters. The van der Waals surface area contributed by atoms with Crippen LogP contribution in [-0.2, 0) is 10.9 Å². The first-order chi connectivity index (χ1) is 9.97. The fourth-order valence-corrected chi connectivity index (χ4v) is 2.79. The van der Waals surface area contributed by atoms with Crippen molar-refractivity contribution in [3.63, 3.8) is 0 Å². The highest BCUT2D eigenvalue weighted by Gasteiger charge is 2.32. The van der Waals surface area contributed by atoms with E-state index in [1.165, 1.54) is 12.1 Å². The average molecular weight is 302 g/mol. The van der Waals surface area contributed by atoms with Crippen LogP contribution in [0.4, 0.5) is 13.2 Å². The molecule has 2 rings (SSSR count). The standard InChI is InChI=1S/C15H21F3N2O/c1-2-13-10-21-8-7-20(13)14(9-19)11-3-5-12(6-4-11)15(16,17)18/h3-6,13-14H,2,7-10,19H2,1H3. The second kappa shape index (κ2) is 6.77. The van der Waals surface area contributed by atoms with Crippen LogP contribution in [0, 0.1) is 0 Å². The molecule has 2 N–H and O–H groups in total. The molecule has 0 aliphatic carbocycles. The molecule has 0 radical (unpaired) electrons. The predicted molar refractivity (Wildman–Crippen MR) is 74.8 cm³/mol. The molecule has 21 heavy (non-hydrogen) atoms. The Labute approximate surface area is 122 Å². The maximum atomic E-state index is 12.6. The first kappa shape index (κ1) is 16.3. The van der Waals surface area contributed by atoms with E-state index in [4.69, 9.17) is 10.5 Å². The maximum absolute atomic E-state index is 12.6. The number of rotatable bonds is 4. The number of nitrogens with zero attached hydrogens (tertiary/aromatic N) is 1. The first-order valence-corrected chi connectivity index (χ1v) is 7.18. The van der Waals surface area contributed by atoms with E-state index in [0.717, 1.165) is 30.7 Å². The monoisotopic (exact) mass is 302 g/mol. The lowest BCUT2D eigenvalue weighted by Crippen LogP contribution is -2.48. The molecule has 0 saturated carbocycles. The van der Waals surface area contributed by atoms with Crippen molar-refractivity contribution in [1.29, 1.82) is 0 Å². The van der Waals surface area contributed by atoms with E-state index in [2.05, 4.69) is 11.8 Å². The van der Waals surface area contributed by atoms with Crippen molar-refractivity contribution in [2.45, 2.75) is 31.6 Å². The van der Waals surface area contributed by atoms with Gasteiger partial charge in [-0.05, 0) is 24.1 Å². The molecule has 1 saturated heterocycles. The first-order valence-electron chi connectivity index (χ1n) is 7.18. The molecule has 0 spiro atoms. The Morgan fingerprint density at radius 3 is 2.52 bits per heavy atom. The van der Waals surface area contributed by atoms with Gasteiger partial charge in [0.15, 0.2) is 0 Å². The van der Waals surface area contributed by atoms with Gasteiger partial charge in [0.25, 0.3) is 0 Å². The van der Waals surface area contributed by atoms with Crippen LogP contribution in [0.2, 0.25) is 0 Å². The minimum atomic E-state index is -4.30. The number of morpholine rings is 1. The topological polar surface area (TPSA) is 38.5 Å². The van der Waals surface area contributed by atoms with Gasteiger partial charge in [0, 0.05) is 25.2 Å². The molecular formula is C15H21F3N2O. The number of benzene rings is 1. The third-order valence-electron chi connectivity index (χ3n) is 3.99. The smallest absolute Gasteiger partial charge is 0.378 e. The summed E-state index contributed by atoms with van der Waals surface area (Å²) in [5.74, 6) is 0. The molecule has 1 heterocycles. The van der Waals surface area contributed by atoms with E-state index in [0.29, 0.717) is 19.8 Å². The Morgan fingerprint density at radius 2 is 2.00 bits per heavy atom. The van der Waals surface area contributed by atoms with Gasteiger partial charge in [0.1, 0.15) is 0 Å². The van der Waals surface area contributed by atoms with Gasteiger partial charge in [-0.1, -0.05) is 19.1 Å². The number of hydrogen-bond acceptors (Lipinski definition) is 3. The van der Waals surface area contributed by atoms with Crippen molar-refractivity contribution in [3.05, 3.63) is 35.4 Å². The van der Waals surface area contributed by atoms with Gasteiger partial charge in [-0.2, -0.15) is 13.2 Å². The van der Waals surface area contributed by atoms with E-state index in [-0.39, 0.29) is 12.1 Å². The largest absolute Gasteiger partial charge is 0.416 e. The molecule has 6 heteroatoms. The van der Waals surface area contributed by atoms with Crippen LogP contribution in [0.15, 0.2) is 24.3 Å². The van der Waals surface area contributed by atoms with E-state index in [1.807, 2.05) is 0 Å². The molecule has 0 bridgehead atoms. The van der Waals surface area contributed by atoms with Gasteiger partial charge in [-0.25, -0.2) is 0 Å². The summed E-state index contributed by atoms with van der Waals surface area (Å²) in [6.45, 7) is 4.48. The summed E-state index contributed by atoms with van der Waals surface area (Å²) in [5, 5.41) is 0. The van der Waals surface area contributed by atoms with Crippen molar-refractivity contribution >= 4 is 0 Å². The van der Waals surface area contributed by atoms with Gasteiger partial charge >= 0.3 is 6.18 Å². The normalized spacial score (nSPS) is 22.2. The summed E-state index contributed by atoms with van der Waals surface area (Å²) >= 11 is 0. The van der Waals surface area contributed by atoms with Crippen LogP contribution >= 0.6 is 0 Å². The third kappa shape index (κ3) is 3.75. The van der Waals surface area contributed by atoms with Crippen molar-refractivity contribution < 1.29 is 17.9 Å². The van der Waals surface area contributed by atoms with Crippen LogP contribution in [-0.4, -0.2) is 37.2 Å². The number of halogens is 3. The van der Waals surface area contributed by atoms with Crippen LogP contribution in [0.3, 0.4) is 0 Å². The van der Waals surface area contributed by atoms with Gasteiger partial charge in [0.2, 0.25) is 0 Å². The van der Waals surface area contributed by atoms with Gasteiger partial charge < -0.3 is 10.5 Å². The van der Waals surface area contributed by atoms with E-state index in [1.54, 1.807) is 0 Å². The molecule has 1 aromatic rings. The van der Waals surface area contributed by atoms with Crippen LogP contribution < -0.4 is 5.73 Å². The van der Waals surface area contributed by atoms with E-state index < -0.39 is 11.7 Å². The minimum absolute atomic E-state index is 0.0684. The maximum Gasteiger partial charge on any atom is 0.416 e. The van der Waals surface area contributed by atoms with Crippen molar-refractivity contribution in [2.24, 2.45) is 5.73 Å². The summed E-state index contributed by atoms with van der Waals surface area (Å²) in [6, 6.07) is 5.50. The van der Waals surface area contributed by atoms with E-state index in [9.17, 15) is 13.2 Å². The van der Waals surface area contributed by atoms with Gasteiger partial charge in [0.05, 0.1) is 18.8 Å². The van der Waals surface area contributed by atoms with Crippen LogP contribution in [0.5, 0.6) is 0 Å². The third-order valence-corrected chi connectivity index (χ3v) is 3.99. The highest BCUT2D eigenvalue weighted by Crippen LogP contribution is 2.31. The molecule has 0 amide bonds. The van der Waals surface area contributed by atoms with Gasteiger partial charge in [-0.3, -0.25) is 4.90 Å². The molecule has 1 fully saturated rings. The lowest BCUT2D eigenvalue weighted by atomic mass is 10.00. The number of nitrogens with two attached hydrogens (primary N) is 1. The molecule has 1 aliphatic heterocycles. The molecular weight excluding hydrogens is 281 g/mol. The molecule has 3 nitrogen and oxygen atoms in total. The second-order valence-corrected chi connectivity index (χ2v) is 5.25. The summed E-state index contributed by atoms with van der Waals surface area (Å²) in [4.78, 5) is 2.24. The zero-order valence-corrected chi connectivity index (χ0v) is 12.1. The van der Waals surface area contributed by atoms with E-state index >= 15 is 0 Å². The Morgan fingerprint density at radius 1 is 1.33 bits per heavy atom. The Bertz CT molecular complexity index is 447. The average Bonchev–Trinajstić information content (AvgIpc) is 2.48. The molecule has 1 aromatic carbocycles. The summed E-state index contributed by atoms with van der Waals surface area (Å²) in [6.07, 6.45) is -3.38.